The summed E-state index contributed by atoms with van der Waals surface area (Å²) in [6.07, 6.45) is -1.09. The lowest BCUT2D eigenvalue weighted by atomic mass is 10.2. The molecule has 0 aliphatic heterocycles. The molecule has 7 heteroatoms. The smallest absolute Gasteiger partial charge is 0.292 e. The number of hydrogen-bond acceptors (Lipinski definition) is 3. The van der Waals surface area contributed by atoms with Crippen LogP contribution in [0.3, 0.4) is 0 Å². The Hall–Kier alpha value is -1.79. The number of aromatic nitrogens is 4. The number of nitrogens with zero attached hydrogens (tertiary/aromatic N) is 4. The van der Waals surface area contributed by atoms with Gasteiger partial charge in [-0.15, -0.1) is 0 Å². The molecule has 0 saturated heterocycles. The van der Waals surface area contributed by atoms with Crippen LogP contribution in [-0.2, 0) is 13.6 Å². The van der Waals surface area contributed by atoms with E-state index in [-0.39, 0.29) is 11.6 Å². The van der Waals surface area contributed by atoms with E-state index in [1.807, 2.05) is 13.8 Å². The minimum absolute atomic E-state index is 0.0738. The monoisotopic (exact) mass is 256 g/mol. The Kier molecular flexibility index (Phi) is 3.14. The molecule has 2 rings (SSSR count). The van der Waals surface area contributed by atoms with Crippen molar-refractivity contribution < 1.29 is 8.78 Å². The molecule has 0 spiro atoms. The molecule has 0 atom stereocenters. The lowest BCUT2D eigenvalue weighted by Crippen LogP contribution is -2.25. The molecule has 0 radical (unpaired) electrons. The standard InChI is InChI=1S/C11H14F2N4O/c1-6(2)9-14-4-7-10(15-9)17(5-8(12)13)11(18)16(7)3/h4,6,8H,5H2,1-3H3. The first kappa shape index (κ1) is 12.7. The molecule has 0 unspecified atom stereocenters. The molecule has 5 nitrogen and oxygen atoms in total. The number of fused-ring (bicyclic) bond motifs is 1. The maximum atomic E-state index is 12.5. The number of halogens is 2. The van der Waals surface area contributed by atoms with Crippen LogP contribution in [-0.4, -0.2) is 25.5 Å². The minimum Gasteiger partial charge on any atom is -0.292 e. The molecule has 0 N–H and O–H groups in total. The van der Waals surface area contributed by atoms with Crippen LogP contribution in [0.4, 0.5) is 8.78 Å². The van der Waals surface area contributed by atoms with Gasteiger partial charge in [-0.1, -0.05) is 13.8 Å². The van der Waals surface area contributed by atoms with Gasteiger partial charge in [-0.25, -0.2) is 23.5 Å². The van der Waals surface area contributed by atoms with Crippen molar-refractivity contribution in [1.82, 2.24) is 19.1 Å². The zero-order valence-electron chi connectivity index (χ0n) is 10.4. The van der Waals surface area contributed by atoms with Crippen LogP contribution < -0.4 is 5.69 Å². The van der Waals surface area contributed by atoms with Crippen molar-refractivity contribution in [1.29, 1.82) is 0 Å². The summed E-state index contributed by atoms with van der Waals surface area (Å²) in [6.45, 7) is 3.16. The second-order valence-electron chi connectivity index (χ2n) is 4.44. The highest BCUT2D eigenvalue weighted by Gasteiger charge is 2.17. The van der Waals surface area contributed by atoms with Crippen molar-refractivity contribution in [3.8, 4) is 0 Å². The molecular formula is C11H14F2N4O. The van der Waals surface area contributed by atoms with E-state index in [0.717, 1.165) is 4.57 Å². The van der Waals surface area contributed by atoms with Crippen LogP contribution in [0.5, 0.6) is 0 Å². The van der Waals surface area contributed by atoms with Crippen LogP contribution in [0, 0.1) is 0 Å². The molecule has 0 aromatic carbocycles. The van der Waals surface area contributed by atoms with Gasteiger partial charge in [-0.2, -0.15) is 0 Å². The molecule has 0 aliphatic rings. The fourth-order valence-corrected chi connectivity index (χ4v) is 1.77. The lowest BCUT2D eigenvalue weighted by Gasteiger charge is -2.04. The van der Waals surface area contributed by atoms with Crippen molar-refractivity contribution in [2.45, 2.75) is 32.7 Å². The van der Waals surface area contributed by atoms with Gasteiger partial charge in [-0.05, 0) is 0 Å². The van der Waals surface area contributed by atoms with Crippen molar-refractivity contribution in [2.75, 3.05) is 0 Å². The summed E-state index contributed by atoms with van der Waals surface area (Å²) in [5.74, 6) is 0.612. The Morgan fingerprint density at radius 3 is 2.61 bits per heavy atom. The second-order valence-corrected chi connectivity index (χ2v) is 4.44. The molecule has 0 aliphatic carbocycles. The molecule has 2 aromatic heterocycles. The lowest BCUT2D eigenvalue weighted by molar-refractivity contribution is 0.126. The third-order valence-corrected chi connectivity index (χ3v) is 2.74. The van der Waals surface area contributed by atoms with E-state index in [9.17, 15) is 13.6 Å². The van der Waals surface area contributed by atoms with Gasteiger partial charge >= 0.3 is 5.69 Å². The highest BCUT2D eigenvalue weighted by Crippen LogP contribution is 2.14. The first-order valence-corrected chi connectivity index (χ1v) is 5.62. The normalized spacial score (nSPS) is 11.9. The maximum Gasteiger partial charge on any atom is 0.330 e. The molecular weight excluding hydrogens is 242 g/mol. The third-order valence-electron chi connectivity index (χ3n) is 2.74. The Morgan fingerprint density at radius 2 is 2.06 bits per heavy atom. The van der Waals surface area contributed by atoms with Crippen LogP contribution >= 0.6 is 0 Å². The van der Waals surface area contributed by atoms with Gasteiger partial charge in [0.05, 0.1) is 12.7 Å². The van der Waals surface area contributed by atoms with Gasteiger partial charge in [0.25, 0.3) is 6.43 Å². The summed E-state index contributed by atoms with van der Waals surface area (Å²) in [5.41, 5.74) is 0.229. The highest BCUT2D eigenvalue weighted by atomic mass is 19.3. The quantitative estimate of drug-likeness (QED) is 0.836. The van der Waals surface area contributed by atoms with Gasteiger partial charge in [0.15, 0.2) is 5.65 Å². The summed E-state index contributed by atoms with van der Waals surface area (Å²) in [7, 11) is 1.52. The summed E-state index contributed by atoms with van der Waals surface area (Å²) in [5, 5.41) is 0. The fraction of sp³-hybridized carbons (Fsp3) is 0.545. The topological polar surface area (TPSA) is 52.7 Å². The number of hydrogen-bond donors (Lipinski definition) is 0. The maximum absolute atomic E-state index is 12.5. The molecule has 98 valence electrons. The Bertz CT molecular complexity index is 630. The number of alkyl halides is 2. The van der Waals surface area contributed by atoms with E-state index in [4.69, 9.17) is 0 Å². The van der Waals surface area contributed by atoms with E-state index < -0.39 is 18.7 Å². The molecule has 0 bridgehead atoms. The van der Waals surface area contributed by atoms with Gasteiger partial charge in [-0.3, -0.25) is 9.13 Å². The Morgan fingerprint density at radius 1 is 1.39 bits per heavy atom. The number of aryl methyl sites for hydroxylation is 1. The summed E-state index contributed by atoms with van der Waals surface area (Å²) >= 11 is 0. The van der Waals surface area contributed by atoms with Crippen LogP contribution in [0.2, 0.25) is 0 Å². The van der Waals surface area contributed by atoms with Gasteiger partial charge in [0.2, 0.25) is 0 Å². The van der Waals surface area contributed by atoms with Gasteiger partial charge in [0, 0.05) is 13.0 Å². The third kappa shape index (κ3) is 2.00. The summed E-state index contributed by atoms with van der Waals surface area (Å²) < 4.78 is 27.2. The Labute approximate surface area is 102 Å². The van der Waals surface area contributed by atoms with E-state index in [1.165, 1.54) is 17.8 Å². The zero-order valence-corrected chi connectivity index (χ0v) is 10.4. The fourth-order valence-electron chi connectivity index (χ4n) is 1.77. The second kappa shape index (κ2) is 4.47. The number of rotatable bonds is 3. The van der Waals surface area contributed by atoms with E-state index in [2.05, 4.69) is 9.97 Å². The first-order chi connectivity index (χ1) is 8.41. The van der Waals surface area contributed by atoms with Crippen molar-refractivity contribution in [2.24, 2.45) is 7.05 Å². The predicted molar refractivity (Wildman–Crippen MR) is 62.9 cm³/mol. The average Bonchev–Trinajstić information content (AvgIpc) is 2.53. The van der Waals surface area contributed by atoms with E-state index >= 15 is 0 Å². The van der Waals surface area contributed by atoms with Gasteiger partial charge in [0.1, 0.15) is 11.3 Å². The molecule has 2 heterocycles. The molecule has 2 aromatic rings. The first-order valence-electron chi connectivity index (χ1n) is 5.62. The molecule has 0 amide bonds. The van der Waals surface area contributed by atoms with Crippen LogP contribution in [0.15, 0.2) is 11.0 Å². The Balaban J connectivity index is 2.71. The van der Waals surface area contributed by atoms with Crippen molar-refractivity contribution >= 4 is 11.2 Å². The molecule has 18 heavy (non-hydrogen) atoms. The molecule has 0 fully saturated rings. The van der Waals surface area contributed by atoms with Crippen molar-refractivity contribution in [3.63, 3.8) is 0 Å². The van der Waals surface area contributed by atoms with Crippen molar-refractivity contribution in [3.05, 3.63) is 22.5 Å². The van der Waals surface area contributed by atoms with E-state index in [1.54, 1.807) is 0 Å². The highest BCUT2D eigenvalue weighted by molar-refractivity contribution is 5.70. The zero-order chi connectivity index (χ0) is 13.4. The summed E-state index contributed by atoms with van der Waals surface area (Å²) in [6, 6.07) is 0. The minimum atomic E-state index is -2.59. The van der Waals surface area contributed by atoms with Crippen LogP contribution in [0.1, 0.15) is 25.6 Å². The average molecular weight is 256 g/mol. The van der Waals surface area contributed by atoms with Gasteiger partial charge < -0.3 is 0 Å². The number of imidazole rings is 1. The van der Waals surface area contributed by atoms with Crippen LogP contribution in [0.25, 0.3) is 11.2 Å². The van der Waals surface area contributed by atoms with E-state index in [0.29, 0.717) is 11.3 Å². The largest absolute Gasteiger partial charge is 0.330 e. The SMILES string of the molecule is CC(C)c1ncc2c(n1)n(CC(F)F)c(=O)n2C. The predicted octanol–water partition coefficient (Wildman–Crippen LogP) is 1.52. The molecule has 0 saturated carbocycles. The summed E-state index contributed by atoms with van der Waals surface area (Å²) in [4.78, 5) is 20.2.